The maximum atomic E-state index is 13.1. The fourth-order valence-corrected chi connectivity index (χ4v) is 3.87. The van der Waals surface area contributed by atoms with Crippen molar-refractivity contribution in [1.82, 2.24) is 9.88 Å². The molecule has 3 nitrogen and oxygen atoms in total. The maximum Gasteiger partial charge on any atom is 0.209 e. The van der Waals surface area contributed by atoms with Crippen LogP contribution in [0.3, 0.4) is 0 Å². The van der Waals surface area contributed by atoms with Gasteiger partial charge in [0.25, 0.3) is 0 Å². The van der Waals surface area contributed by atoms with Crippen molar-refractivity contribution in [1.29, 1.82) is 0 Å². The molecule has 3 heterocycles. The summed E-state index contributed by atoms with van der Waals surface area (Å²) in [6.45, 7) is 7.69. The van der Waals surface area contributed by atoms with Crippen LogP contribution in [0.1, 0.15) is 31.3 Å². The number of carbonyl (C=O) groups excluding carboxylic acids is 1. The predicted molar refractivity (Wildman–Crippen MR) is 93.4 cm³/mol. The Labute approximate surface area is 134 Å². The van der Waals surface area contributed by atoms with Gasteiger partial charge in [-0.05, 0) is 43.9 Å². The number of nitrogens with zero attached hydrogens (tertiary/aromatic N) is 1. The fourth-order valence-electron chi connectivity index (χ4n) is 2.91. The number of allylic oxidation sites excluding steroid dienone is 4. The van der Waals surface area contributed by atoms with E-state index in [4.69, 9.17) is 0 Å². The molecule has 0 spiro atoms. The molecule has 0 saturated heterocycles. The highest BCUT2D eigenvalue weighted by Gasteiger charge is 2.22. The van der Waals surface area contributed by atoms with Crippen LogP contribution in [0.5, 0.6) is 0 Å². The van der Waals surface area contributed by atoms with Crippen LogP contribution in [0.25, 0.3) is 10.2 Å². The number of carbonyl (C=O) groups is 1. The number of fused-ring (bicyclic) bond motifs is 1. The monoisotopic (exact) mass is 312 g/mol. The van der Waals surface area contributed by atoms with E-state index in [2.05, 4.69) is 41.3 Å². The third kappa shape index (κ3) is 2.33. The topological polar surface area (TPSA) is 34.0 Å². The van der Waals surface area contributed by atoms with Gasteiger partial charge in [-0.15, -0.1) is 11.3 Å². The van der Waals surface area contributed by atoms with Gasteiger partial charge in [-0.1, -0.05) is 12.2 Å². The first-order chi connectivity index (χ1) is 10.7. The van der Waals surface area contributed by atoms with Crippen LogP contribution in [-0.4, -0.2) is 16.9 Å². The number of hydrogen-bond donors (Lipinski definition) is 1. The van der Waals surface area contributed by atoms with E-state index >= 15 is 0 Å². The number of rotatable bonds is 4. The second-order valence-electron chi connectivity index (χ2n) is 5.34. The van der Waals surface area contributed by atoms with Gasteiger partial charge in [-0.3, -0.25) is 4.79 Å². The van der Waals surface area contributed by atoms with Gasteiger partial charge in [-0.2, -0.15) is 0 Å². The van der Waals surface area contributed by atoms with Crippen molar-refractivity contribution >= 4 is 27.3 Å². The van der Waals surface area contributed by atoms with Crippen molar-refractivity contribution in [3.63, 3.8) is 0 Å². The molecule has 0 fully saturated rings. The van der Waals surface area contributed by atoms with Crippen molar-refractivity contribution in [3.8, 4) is 0 Å². The number of nitrogens with one attached hydrogen (secondary N) is 1. The Balaban J connectivity index is 2.06. The zero-order valence-electron chi connectivity index (χ0n) is 13.1. The summed E-state index contributed by atoms with van der Waals surface area (Å²) in [4.78, 5) is 14.3. The lowest BCUT2D eigenvalue weighted by Gasteiger charge is -2.17. The molecule has 1 aliphatic rings. The summed E-state index contributed by atoms with van der Waals surface area (Å²) in [5.41, 5.74) is 3.68. The molecule has 4 heteroatoms. The molecule has 2 aromatic heterocycles. The lowest BCUT2D eigenvalue weighted by Crippen LogP contribution is -2.17. The van der Waals surface area contributed by atoms with Gasteiger partial charge in [0, 0.05) is 35.8 Å². The standard InChI is InChI=1S/C18H20N2OS/c1-4-14(15-11-19-8-6-12(15)3)17(21)16-10-13-7-9-22-18(13)20(16)5-2/h4,6-7,9-11,19H,5,8H2,1-3H3/b14-4+. The number of aromatic nitrogens is 1. The molecule has 0 atom stereocenters. The smallest absolute Gasteiger partial charge is 0.209 e. The Morgan fingerprint density at radius 3 is 3.00 bits per heavy atom. The molecule has 0 radical (unpaired) electrons. The summed E-state index contributed by atoms with van der Waals surface area (Å²) < 4.78 is 2.11. The average molecular weight is 312 g/mol. The van der Waals surface area contributed by atoms with Gasteiger partial charge in [0.15, 0.2) is 0 Å². The largest absolute Gasteiger partial charge is 0.387 e. The molecule has 0 unspecified atom stereocenters. The van der Waals surface area contributed by atoms with Crippen LogP contribution in [0.2, 0.25) is 0 Å². The van der Waals surface area contributed by atoms with Gasteiger partial charge >= 0.3 is 0 Å². The van der Waals surface area contributed by atoms with E-state index in [9.17, 15) is 4.79 Å². The summed E-state index contributed by atoms with van der Waals surface area (Å²) in [5.74, 6) is 0.0930. The first-order valence-corrected chi connectivity index (χ1v) is 8.44. The maximum absolute atomic E-state index is 13.1. The lowest BCUT2D eigenvalue weighted by molar-refractivity contribution is 0.102. The minimum atomic E-state index is 0.0930. The van der Waals surface area contributed by atoms with Crippen LogP contribution < -0.4 is 5.32 Å². The Kier molecular flexibility index (Phi) is 4.03. The van der Waals surface area contributed by atoms with E-state index in [-0.39, 0.29) is 5.78 Å². The third-order valence-electron chi connectivity index (χ3n) is 4.07. The molecule has 0 amide bonds. The number of ketones is 1. The number of Topliss-reactive ketones (excluding diaryl/α,β-unsaturated/α-hetero) is 1. The lowest BCUT2D eigenvalue weighted by atomic mass is 9.93. The van der Waals surface area contributed by atoms with E-state index in [0.29, 0.717) is 0 Å². The predicted octanol–water partition coefficient (Wildman–Crippen LogP) is 4.29. The SMILES string of the molecule is C/C=C(/C(=O)c1cc2ccsc2n1CC)C1=CNCC=C1C. The molecule has 1 N–H and O–H groups in total. The quantitative estimate of drug-likeness (QED) is 0.675. The number of thiophene rings is 1. The van der Waals surface area contributed by atoms with Gasteiger partial charge < -0.3 is 9.88 Å². The second-order valence-corrected chi connectivity index (χ2v) is 6.23. The zero-order chi connectivity index (χ0) is 15.7. The number of hydrogen-bond acceptors (Lipinski definition) is 3. The van der Waals surface area contributed by atoms with Crippen molar-refractivity contribution in [2.75, 3.05) is 6.54 Å². The Morgan fingerprint density at radius 2 is 2.32 bits per heavy atom. The van der Waals surface area contributed by atoms with Crippen molar-refractivity contribution in [2.24, 2.45) is 0 Å². The molecule has 1 aliphatic heterocycles. The number of dihydropyridines is 1. The minimum absolute atomic E-state index is 0.0930. The van der Waals surface area contributed by atoms with Crippen molar-refractivity contribution in [3.05, 3.63) is 58.3 Å². The Hall–Kier alpha value is -2.07. The molecular formula is C18H20N2OS. The van der Waals surface area contributed by atoms with Gasteiger partial charge in [0.05, 0.1) is 5.69 Å². The molecular weight excluding hydrogens is 292 g/mol. The summed E-state index contributed by atoms with van der Waals surface area (Å²) in [6.07, 6.45) is 5.98. The van der Waals surface area contributed by atoms with Crippen molar-refractivity contribution < 1.29 is 4.79 Å². The highest BCUT2D eigenvalue weighted by Crippen LogP contribution is 2.29. The molecule has 2 aromatic rings. The molecule has 22 heavy (non-hydrogen) atoms. The Morgan fingerprint density at radius 1 is 1.50 bits per heavy atom. The van der Waals surface area contributed by atoms with E-state index in [1.54, 1.807) is 11.3 Å². The first-order valence-electron chi connectivity index (χ1n) is 7.56. The van der Waals surface area contributed by atoms with Crippen molar-refractivity contribution in [2.45, 2.75) is 27.3 Å². The van der Waals surface area contributed by atoms with E-state index < -0.39 is 0 Å². The van der Waals surface area contributed by atoms with Crippen LogP contribution in [0, 0.1) is 0 Å². The molecule has 0 bridgehead atoms. The summed E-state index contributed by atoms with van der Waals surface area (Å²) >= 11 is 1.69. The second kappa shape index (κ2) is 5.97. The van der Waals surface area contributed by atoms with E-state index in [1.807, 2.05) is 25.3 Å². The highest BCUT2D eigenvalue weighted by molar-refractivity contribution is 7.16. The molecule has 3 rings (SSSR count). The fraction of sp³-hybridized carbons (Fsp3) is 0.278. The minimum Gasteiger partial charge on any atom is -0.387 e. The van der Waals surface area contributed by atoms with Crippen LogP contribution >= 0.6 is 11.3 Å². The average Bonchev–Trinajstić information content (AvgIpc) is 3.10. The molecule has 114 valence electrons. The highest BCUT2D eigenvalue weighted by atomic mass is 32.1. The normalized spacial score (nSPS) is 15.5. The number of aryl methyl sites for hydroxylation is 1. The molecule has 0 saturated carbocycles. The Bertz CT molecular complexity index is 817. The summed E-state index contributed by atoms with van der Waals surface area (Å²) in [5, 5.41) is 6.42. The summed E-state index contributed by atoms with van der Waals surface area (Å²) in [7, 11) is 0. The summed E-state index contributed by atoms with van der Waals surface area (Å²) in [6, 6.07) is 4.09. The van der Waals surface area contributed by atoms with Crippen LogP contribution in [0.15, 0.2) is 52.6 Å². The third-order valence-corrected chi connectivity index (χ3v) is 5.02. The van der Waals surface area contributed by atoms with Crippen LogP contribution in [0.4, 0.5) is 0 Å². The zero-order valence-corrected chi connectivity index (χ0v) is 14.0. The van der Waals surface area contributed by atoms with E-state index in [1.165, 1.54) is 4.83 Å². The molecule has 0 aromatic carbocycles. The first kappa shape index (κ1) is 14.9. The van der Waals surface area contributed by atoms with E-state index in [0.717, 1.165) is 40.9 Å². The van der Waals surface area contributed by atoms with Gasteiger partial charge in [0.2, 0.25) is 5.78 Å². The molecule has 0 aliphatic carbocycles. The van der Waals surface area contributed by atoms with Gasteiger partial charge in [0.1, 0.15) is 4.83 Å². The van der Waals surface area contributed by atoms with Crippen LogP contribution in [-0.2, 0) is 6.54 Å². The van der Waals surface area contributed by atoms with Gasteiger partial charge in [-0.25, -0.2) is 0 Å².